The van der Waals surface area contributed by atoms with Crippen LogP contribution < -0.4 is 0 Å². The summed E-state index contributed by atoms with van der Waals surface area (Å²) in [6.45, 7) is 0. The number of aliphatic hydroxyl groups excluding tert-OH is 1. The van der Waals surface area contributed by atoms with Crippen LogP contribution in [-0.4, -0.2) is 17.3 Å². The van der Waals surface area contributed by atoms with Crippen molar-refractivity contribution >= 4 is 0 Å². The molecule has 1 fully saturated rings. The zero-order valence-electron chi connectivity index (χ0n) is 9.32. The van der Waals surface area contributed by atoms with Crippen LogP contribution in [0.3, 0.4) is 0 Å². The molecule has 0 amide bonds. The fraction of sp³-hybridized carbons (Fsp3) is 0.538. The predicted molar refractivity (Wildman–Crippen MR) is 62.1 cm³/mol. The third-order valence-corrected chi connectivity index (χ3v) is 2.97. The Balaban J connectivity index is 0.000000531. The number of benzene rings is 1. The first-order valence-electron chi connectivity index (χ1n) is 5.60. The maximum atomic E-state index is 9.16. The van der Waals surface area contributed by atoms with E-state index in [1.54, 1.807) is 12.1 Å². The molecule has 0 saturated heterocycles. The van der Waals surface area contributed by atoms with Crippen LogP contribution >= 0.6 is 0 Å². The molecule has 84 valence electrons. The number of phenols is 1. The first-order valence-corrected chi connectivity index (χ1v) is 5.60. The van der Waals surface area contributed by atoms with Crippen LogP contribution in [0.25, 0.3) is 0 Å². The molecule has 0 atom stereocenters. The lowest BCUT2D eigenvalue weighted by molar-refractivity contribution is 0.399. The van der Waals surface area contributed by atoms with Crippen molar-refractivity contribution in [2.24, 2.45) is 0 Å². The largest absolute Gasteiger partial charge is 0.508 e. The number of phenolic OH excluding ortho intramolecular Hbond substituents is 1. The van der Waals surface area contributed by atoms with Crippen LogP contribution in [0.1, 0.15) is 43.6 Å². The molecule has 2 N–H and O–H groups in total. The molecule has 1 aromatic rings. The van der Waals surface area contributed by atoms with E-state index in [1.165, 1.54) is 37.7 Å². The molecular formula is C13H20O2. The molecule has 0 bridgehead atoms. The van der Waals surface area contributed by atoms with Crippen molar-refractivity contribution in [3.05, 3.63) is 29.8 Å². The first kappa shape index (κ1) is 12.1. The Morgan fingerprint density at radius 2 is 1.47 bits per heavy atom. The molecule has 0 radical (unpaired) electrons. The number of hydrogen-bond donors (Lipinski definition) is 2. The Kier molecular flexibility index (Phi) is 5.19. The van der Waals surface area contributed by atoms with Crippen LogP contribution in [0.2, 0.25) is 0 Å². The van der Waals surface area contributed by atoms with Gasteiger partial charge in [-0.1, -0.05) is 31.4 Å². The molecule has 0 heterocycles. The number of aromatic hydroxyl groups is 1. The average molecular weight is 208 g/mol. The fourth-order valence-electron chi connectivity index (χ4n) is 2.18. The van der Waals surface area contributed by atoms with Crippen LogP contribution in [0.5, 0.6) is 5.75 Å². The third-order valence-electron chi connectivity index (χ3n) is 2.97. The molecule has 2 heteroatoms. The molecule has 1 aliphatic rings. The number of hydrogen-bond acceptors (Lipinski definition) is 2. The van der Waals surface area contributed by atoms with E-state index in [0.29, 0.717) is 5.75 Å². The molecule has 0 spiro atoms. The van der Waals surface area contributed by atoms with Crippen LogP contribution in [0.15, 0.2) is 24.3 Å². The Hall–Kier alpha value is -1.02. The van der Waals surface area contributed by atoms with E-state index < -0.39 is 0 Å². The maximum Gasteiger partial charge on any atom is 0.115 e. The highest BCUT2D eigenvalue weighted by Gasteiger charge is 2.14. The summed E-state index contributed by atoms with van der Waals surface area (Å²) in [6, 6.07) is 7.71. The Morgan fingerprint density at radius 3 is 2.00 bits per heavy atom. The summed E-state index contributed by atoms with van der Waals surface area (Å²) in [7, 11) is 1.00. The minimum Gasteiger partial charge on any atom is -0.508 e. The van der Waals surface area contributed by atoms with Crippen molar-refractivity contribution < 1.29 is 10.2 Å². The van der Waals surface area contributed by atoms with E-state index in [0.717, 1.165) is 13.0 Å². The second kappa shape index (κ2) is 6.46. The molecule has 15 heavy (non-hydrogen) atoms. The summed E-state index contributed by atoms with van der Waals surface area (Å²) in [4.78, 5) is 0. The Bertz CT molecular complexity index is 260. The monoisotopic (exact) mass is 208 g/mol. The van der Waals surface area contributed by atoms with Crippen molar-refractivity contribution in [2.75, 3.05) is 7.11 Å². The minimum atomic E-state index is 0.375. The third kappa shape index (κ3) is 3.56. The van der Waals surface area contributed by atoms with E-state index in [9.17, 15) is 0 Å². The van der Waals surface area contributed by atoms with Gasteiger partial charge in [0.15, 0.2) is 0 Å². The SMILES string of the molecule is CO.Oc1ccc(C2CCCCC2)cc1. The standard InChI is InChI=1S/C12H16O.CH4O/c13-12-8-6-11(7-9-12)10-4-2-1-3-5-10;1-2/h6-10,13H,1-5H2;2H,1H3. The van der Waals surface area contributed by atoms with Gasteiger partial charge in [-0.15, -0.1) is 0 Å². The molecule has 1 aromatic carbocycles. The van der Waals surface area contributed by atoms with E-state index in [-0.39, 0.29) is 0 Å². The highest BCUT2D eigenvalue weighted by atomic mass is 16.3. The van der Waals surface area contributed by atoms with E-state index in [1.807, 2.05) is 0 Å². The lowest BCUT2D eigenvalue weighted by atomic mass is 9.84. The van der Waals surface area contributed by atoms with E-state index in [4.69, 9.17) is 10.2 Å². The van der Waals surface area contributed by atoms with E-state index >= 15 is 0 Å². The predicted octanol–water partition coefficient (Wildman–Crippen LogP) is 3.05. The Labute approximate surface area is 91.6 Å². The van der Waals surface area contributed by atoms with Gasteiger partial charge >= 0.3 is 0 Å². The summed E-state index contributed by atoms with van der Waals surface area (Å²) in [5.41, 5.74) is 1.40. The quantitative estimate of drug-likeness (QED) is 0.744. The van der Waals surface area contributed by atoms with Gasteiger partial charge in [0.2, 0.25) is 0 Å². The van der Waals surface area contributed by atoms with E-state index in [2.05, 4.69) is 12.1 Å². The van der Waals surface area contributed by atoms with Crippen molar-refractivity contribution in [2.45, 2.75) is 38.0 Å². The second-order valence-corrected chi connectivity index (χ2v) is 3.93. The van der Waals surface area contributed by atoms with Gasteiger partial charge in [-0.05, 0) is 36.5 Å². The van der Waals surface area contributed by atoms with Gasteiger partial charge in [0, 0.05) is 7.11 Å². The number of aliphatic hydroxyl groups is 1. The molecule has 0 aromatic heterocycles. The lowest BCUT2D eigenvalue weighted by Gasteiger charge is -2.21. The van der Waals surface area contributed by atoms with Crippen LogP contribution in [-0.2, 0) is 0 Å². The van der Waals surface area contributed by atoms with Gasteiger partial charge < -0.3 is 10.2 Å². The van der Waals surface area contributed by atoms with Gasteiger partial charge in [-0.2, -0.15) is 0 Å². The van der Waals surface area contributed by atoms with Crippen molar-refractivity contribution in [1.82, 2.24) is 0 Å². The second-order valence-electron chi connectivity index (χ2n) is 3.93. The molecule has 1 saturated carbocycles. The molecule has 1 aliphatic carbocycles. The Morgan fingerprint density at radius 1 is 0.933 bits per heavy atom. The highest BCUT2D eigenvalue weighted by molar-refractivity contribution is 5.28. The van der Waals surface area contributed by atoms with Gasteiger partial charge in [-0.3, -0.25) is 0 Å². The molecule has 2 nitrogen and oxygen atoms in total. The van der Waals surface area contributed by atoms with Gasteiger partial charge in [0.1, 0.15) is 5.75 Å². The average Bonchev–Trinajstić information content (AvgIpc) is 2.34. The molecular weight excluding hydrogens is 188 g/mol. The maximum absolute atomic E-state index is 9.16. The van der Waals surface area contributed by atoms with Gasteiger partial charge in [-0.25, -0.2) is 0 Å². The zero-order valence-corrected chi connectivity index (χ0v) is 9.32. The smallest absolute Gasteiger partial charge is 0.115 e. The van der Waals surface area contributed by atoms with Crippen LogP contribution in [0, 0.1) is 0 Å². The highest BCUT2D eigenvalue weighted by Crippen LogP contribution is 2.32. The van der Waals surface area contributed by atoms with Gasteiger partial charge in [0.25, 0.3) is 0 Å². The summed E-state index contributed by atoms with van der Waals surface area (Å²) in [6.07, 6.45) is 6.78. The summed E-state index contributed by atoms with van der Waals surface area (Å²) in [5.74, 6) is 1.12. The minimum absolute atomic E-state index is 0.375. The van der Waals surface area contributed by atoms with Gasteiger partial charge in [0.05, 0.1) is 0 Å². The molecule has 0 unspecified atom stereocenters. The van der Waals surface area contributed by atoms with Crippen molar-refractivity contribution in [1.29, 1.82) is 0 Å². The summed E-state index contributed by atoms with van der Waals surface area (Å²) < 4.78 is 0. The topological polar surface area (TPSA) is 40.5 Å². The molecule has 2 rings (SSSR count). The fourth-order valence-corrected chi connectivity index (χ4v) is 2.18. The lowest BCUT2D eigenvalue weighted by Crippen LogP contribution is -2.03. The van der Waals surface area contributed by atoms with Crippen molar-refractivity contribution in [3.8, 4) is 5.75 Å². The molecule has 0 aliphatic heterocycles. The first-order chi connectivity index (χ1) is 7.36. The summed E-state index contributed by atoms with van der Waals surface area (Å²) in [5, 5.41) is 16.2. The van der Waals surface area contributed by atoms with Crippen LogP contribution in [0.4, 0.5) is 0 Å². The normalized spacial score (nSPS) is 16.7. The number of rotatable bonds is 1. The summed E-state index contributed by atoms with van der Waals surface area (Å²) >= 11 is 0. The zero-order chi connectivity index (χ0) is 11.1. The van der Waals surface area contributed by atoms with Crippen molar-refractivity contribution in [3.63, 3.8) is 0 Å².